The zero-order valence-corrected chi connectivity index (χ0v) is 24.3. The van der Waals surface area contributed by atoms with Crippen molar-refractivity contribution >= 4 is 58.9 Å². The van der Waals surface area contributed by atoms with Crippen LogP contribution >= 0.6 is 35.0 Å². The summed E-state index contributed by atoms with van der Waals surface area (Å²) in [4.78, 5) is 18.7. The van der Waals surface area contributed by atoms with Crippen molar-refractivity contribution in [3.8, 4) is 0 Å². The fourth-order valence-corrected chi connectivity index (χ4v) is 7.05. The Labute approximate surface area is 253 Å². The van der Waals surface area contributed by atoms with Gasteiger partial charge in [0.25, 0.3) is 0 Å². The van der Waals surface area contributed by atoms with Crippen LogP contribution < -0.4 is 0 Å². The molecule has 0 saturated carbocycles. The first-order valence-electron chi connectivity index (χ1n) is 12.2. The van der Waals surface area contributed by atoms with Gasteiger partial charge in [-0.2, -0.15) is 0 Å². The van der Waals surface area contributed by atoms with Crippen LogP contribution in [0.3, 0.4) is 0 Å². The molecule has 0 aromatic heterocycles. The molecule has 0 N–H and O–H groups in total. The highest BCUT2D eigenvalue weighted by Gasteiger charge is 2.28. The Morgan fingerprint density at radius 1 is 0.585 bits per heavy atom. The van der Waals surface area contributed by atoms with Gasteiger partial charge >= 0.3 is 7.25 Å². The van der Waals surface area contributed by atoms with Crippen LogP contribution in [0.5, 0.6) is 0 Å². The van der Waals surface area contributed by atoms with Gasteiger partial charge in [-0.05, 0) is 84.9 Å². The van der Waals surface area contributed by atoms with E-state index >= 15 is 0 Å². The Morgan fingerprint density at radius 3 is 1.49 bits per heavy atom. The summed E-state index contributed by atoms with van der Waals surface area (Å²) < 4.78 is 39.0. The van der Waals surface area contributed by atoms with Crippen molar-refractivity contribution in [1.29, 1.82) is 0 Å². The Morgan fingerprint density at radius 2 is 1.00 bits per heavy atom. The third-order valence-electron chi connectivity index (χ3n) is 5.55. The molecule has 0 unspecified atom stereocenters. The van der Waals surface area contributed by atoms with Gasteiger partial charge in [0.15, 0.2) is 20.5 Å². The summed E-state index contributed by atoms with van der Waals surface area (Å²) in [5, 5.41) is 1.43. The van der Waals surface area contributed by atoms with Crippen molar-refractivity contribution in [3.05, 3.63) is 149 Å². The lowest BCUT2D eigenvalue weighted by Gasteiger charge is -2.11. The first kappa shape index (κ1) is 30.8. The number of benzene rings is 5. The number of hydrogen-bond donors (Lipinski definition) is 0. The number of carbonyl (C=O) groups excluding carboxylic acids is 1. The lowest BCUT2D eigenvalue weighted by Crippen LogP contribution is -2.04. The van der Waals surface area contributed by atoms with E-state index in [1.807, 2.05) is 78.9 Å². The lowest BCUT2D eigenvalue weighted by molar-refractivity contribution is 0.103. The molecule has 41 heavy (non-hydrogen) atoms. The molecule has 0 amide bonds. The SMILES string of the molecule is F[B-](F)(F)F.O=C(c1ccccc1)c1ccccc1Sc1ccc([S+](c2ccc(Cl)cc2)c2ccc(Cl)cc2)cc1. The van der Waals surface area contributed by atoms with Gasteiger partial charge in [0.1, 0.15) is 0 Å². The molecule has 0 aliphatic heterocycles. The Kier molecular flexibility index (Phi) is 10.6. The van der Waals surface area contributed by atoms with Gasteiger partial charge in [-0.1, -0.05) is 77.4 Å². The van der Waals surface area contributed by atoms with E-state index in [0.717, 1.165) is 9.79 Å². The van der Waals surface area contributed by atoms with E-state index in [0.29, 0.717) is 21.2 Å². The Balaban J connectivity index is 0.000000714. The number of carbonyl (C=O) groups is 1. The smallest absolute Gasteiger partial charge is 0.418 e. The fourth-order valence-electron chi connectivity index (χ4n) is 3.81. The fraction of sp³-hybridized carbons (Fsp3) is 0. The molecule has 0 heterocycles. The zero-order valence-electron chi connectivity index (χ0n) is 21.2. The van der Waals surface area contributed by atoms with Gasteiger partial charge in [-0.15, -0.1) is 0 Å². The molecule has 0 saturated heterocycles. The molecular weight excluding hydrogens is 610 g/mol. The van der Waals surface area contributed by atoms with Crippen LogP contribution in [0, 0.1) is 0 Å². The monoisotopic (exact) mass is 630 g/mol. The summed E-state index contributed by atoms with van der Waals surface area (Å²) in [5.74, 6) is 0.0299. The number of halogens is 6. The molecule has 0 aliphatic rings. The maximum atomic E-state index is 13.1. The second-order valence-electron chi connectivity index (χ2n) is 8.47. The summed E-state index contributed by atoms with van der Waals surface area (Å²) in [6.45, 7) is 0. The standard InChI is InChI=1S/C31H21Cl2OS2.BF4/c32-23-10-16-26(17-11-23)36(27-18-12-24(33)13-19-27)28-20-14-25(15-21-28)35-30-9-5-4-8-29(30)31(34)22-6-2-1-3-7-22;2-1(3,4)5/h1-21H;/q+1;-1. The molecule has 0 aliphatic carbocycles. The van der Waals surface area contributed by atoms with Gasteiger partial charge < -0.3 is 17.3 Å². The van der Waals surface area contributed by atoms with E-state index in [1.165, 1.54) is 14.7 Å². The van der Waals surface area contributed by atoms with Crippen LogP contribution in [-0.2, 0) is 10.9 Å². The predicted octanol–water partition coefficient (Wildman–Crippen LogP) is 10.8. The summed E-state index contributed by atoms with van der Waals surface area (Å²) in [5.41, 5.74) is 1.40. The summed E-state index contributed by atoms with van der Waals surface area (Å²) >= 11 is 13.9. The first-order valence-corrected chi connectivity index (χ1v) is 15.0. The minimum atomic E-state index is -6.00. The molecule has 5 rings (SSSR count). The van der Waals surface area contributed by atoms with Crippen molar-refractivity contribution in [2.45, 2.75) is 24.5 Å². The average molecular weight is 631 g/mol. The van der Waals surface area contributed by atoms with Gasteiger partial charge in [0.05, 0.1) is 10.9 Å². The van der Waals surface area contributed by atoms with E-state index in [4.69, 9.17) is 23.2 Å². The summed E-state index contributed by atoms with van der Waals surface area (Å²) in [6.07, 6.45) is 0. The van der Waals surface area contributed by atoms with Crippen LogP contribution in [0.1, 0.15) is 15.9 Å². The van der Waals surface area contributed by atoms with Crippen LogP contribution in [0.4, 0.5) is 17.3 Å². The molecule has 0 spiro atoms. The molecule has 0 atom stereocenters. The lowest BCUT2D eigenvalue weighted by atomic mass is 10.0. The normalized spacial score (nSPS) is 11.1. The van der Waals surface area contributed by atoms with Crippen molar-refractivity contribution in [3.63, 3.8) is 0 Å². The molecule has 208 valence electrons. The van der Waals surface area contributed by atoms with Crippen LogP contribution in [0.2, 0.25) is 10.0 Å². The van der Waals surface area contributed by atoms with Crippen LogP contribution in [-0.4, -0.2) is 13.0 Å². The van der Waals surface area contributed by atoms with Crippen molar-refractivity contribution < 1.29 is 22.1 Å². The topological polar surface area (TPSA) is 17.1 Å². The largest absolute Gasteiger partial charge is 0.673 e. The van der Waals surface area contributed by atoms with Gasteiger partial charge in [0, 0.05) is 31.0 Å². The average Bonchev–Trinajstić information content (AvgIpc) is 2.96. The van der Waals surface area contributed by atoms with E-state index < -0.39 is 7.25 Å². The highest BCUT2D eigenvalue weighted by atomic mass is 35.5. The van der Waals surface area contributed by atoms with E-state index in [2.05, 4.69) is 48.5 Å². The van der Waals surface area contributed by atoms with Crippen LogP contribution in [0.25, 0.3) is 0 Å². The maximum Gasteiger partial charge on any atom is 0.673 e. The maximum absolute atomic E-state index is 13.1. The van der Waals surface area contributed by atoms with Gasteiger partial charge in [-0.3, -0.25) is 4.79 Å². The summed E-state index contributed by atoms with van der Waals surface area (Å²) in [7, 11) is -6.30. The highest BCUT2D eigenvalue weighted by molar-refractivity contribution is 7.99. The van der Waals surface area contributed by atoms with Crippen molar-refractivity contribution in [1.82, 2.24) is 0 Å². The second kappa shape index (κ2) is 14.1. The van der Waals surface area contributed by atoms with Gasteiger partial charge in [0.2, 0.25) is 0 Å². The third kappa shape index (κ3) is 9.17. The van der Waals surface area contributed by atoms with E-state index in [1.54, 1.807) is 11.8 Å². The molecule has 1 nitrogen and oxygen atoms in total. The van der Waals surface area contributed by atoms with Crippen molar-refractivity contribution in [2.75, 3.05) is 0 Å². The quantitative estimate of drug-likeness (QED) is 0.0770. The van der Waals surface area contributed by atoms with Crippen LogP contribution in [0.15, 0.2) is 152 Å². The molecule has 5 aromatic carbocycles. The Hall–Kier alpha value is -3.17. The molecule has 5 aromatic rings. The second-order valence-corrected chi connectivity index (χ2v) is 12.5. The van der Waals surface area contributed by atoms with Crippen molar-refractivity contribution in [2.24, 2.45) is 0 Å². The molecule has 0 bridgehead atoms. The molecule has 0 fully saturated rings. The Bertz CT molecular complexity index is 1530. The summed E-state index contributed by atoms with van der Waals surface area (Å²) in [6, 6.07) is 41.8. The molecule has 0 radical (unpaired) electrons. The number of hydrogen-bond acceptors (Lipinski definition) is 2. The third-order valence-corrected chi connectivity index (χ3v) is 9.37. The predicted molar refractivity (Wildman–Crippen MR) is 162 cm³/mol. The molecular formula is C31H21BCl2F4OS2. The minimum Gasteiger partial charge on any atom is -0.418 e. The zero-order chi connectivity index (χ0) is 29.4. The first-order chi connectivity index (χ1) is 19.6. The van der Waals surface area contributed by atoms with Gasteiger partial charge in [-0.25, -0.2) is 0 Å². The molecule has 10 heteroatoms. The van der Waals surface area contributed by atoms with E-state index in [-0.39, 0.29) is 16.7 Å². The number of rotatable bonds is 7. The van der Waals surface area contributed by atoms with E-state index in [9.17, 15) is 22.1 Å². The minimum absolute atomic E-state index is 0.0299. The highest BCUT2D eigenvalue weighted by Crippen LogP contribution is 2.36. The number of ketones is 1.